The summed E-state index contributed by atoms with van der Waals surface area (Å²) in [6, 6.07) is 0. The van der Waals surface area contributed by atoms with Gasteiger partial charge in [0.2, 0.25) is 0 Å². The van der Waals surface area contributed by atoms with Crippen LogP contribution in [0.2, 0.25) is 0 Å². The van der Waals surface area contributed by atoms with Crippen molar-refractivity contribution < 1.29 is 0 Å². The summed E-state index contributed by atoms with van der Waals surface area (Å²) in [5, 5.41) is 0. The second kappa shape index (κ2) is 14.1. The highest BCUT2D eigenvalue weighted by atomic mass is 14.2. The zero-order chi connectivity index (χ0) is 13.7. The predicted molar refractivity (Wildman–Crippen MR) is 82.5 cm³/mol. The minimum absolute atomic E-state index is 0.878. The molecule has 0 rings (SSSR count). The second-order valence-corrected chi connectivity index (χ2v) is 6.08. The fourth-order valence-corrected chi connectivity index (χ4v) is 2.18. The van der Waals surface area contributed by atoms with E-state index in [0.717, 1.165) is 17.8 Å². The molecule has 0 heterocycles. The molecule has 2 unspecified atom stereocenters. The van der Waals surface area contributed by atoms with Crippen LogP contribution in [0, 0.1) is 17.8 Å². The topological polar surface area (TPSA) is 0 Å². The van der Waals surface area contributed by atoms with Gasteiger partial charge in [0.15, 0.2) is 0 Å². The molecule has 0 aromatic rings. The Hall–Kier alpha value is 0. The van der Waals surface area contributed by atoms with Gasteiger partial charge in [0.05, 0.1) is 0 Å². The number of hydrogen-bond donors (Lipinski definition) is 0. The van der Waals surface area contributed by atoms with Crippen LogP contribution in [0.5, 0.6) is 0 Å². The van der Waals surface area contributed by atoms with Crippen molar-refractivity contribution in [3.63, 3.8) is 0 Å². The van der Waals surface area contributed by atoms with E-state index in [1.165, 1.54) is 44.9 Å². The van der Waals surface area contributed by atoms with Gasteiger partial charge in [-0.1, -0.05) is 87.0 Å². The Bertz CT molecular complexity index is 126. The first-order valence-electron chi connectivity index (χ1n) is 8.01. The molecule has 0 aliphatic heterocycles. The van der Waals surface area contributed by atoms with E-state index in [2.05, 4.69) is 48.5 Å². The molecule has 0 heteroatoms. The first-order chi connectivity index (χ1) is 8.01. The van der Waals surface area contributed by atoms with E-state index in [4.69, 9.17) is 0 Å². The van der Waals surface area contributed by atoms with E-state index >= 15 is 0 Å². The fraction of sp³-hybridized carbons (Fsp3) is 1.00. The summed E-state index contributed by atoms with van der Waals surface area (Å²) < 4.78 is 0. The third-order valence-electron chi connectivity index (χ3n) is 3.27. The lowest BCUT2D eigenvalue weighted by Gasteiger charge is -2.19. The zero-order valence-corrected chi connectivity index (χ0v) is 13.7. The Labute approximate surface area is 112 Å². The van der Waals surface area contributed by atoms with E-state index in [1.807, 2.05) is 0 Å². The molecule has 0 bridgehead atoms. The maximum Gasteiger partial charge on any atom is -0.0412 e. The van der Waals surface area contributed by atoms with Gasteiger partial charge in [0, 0.05) is 0 Å². The highest BCUT2D eigenvalue weighted by Crippen LogP contribution is 2.24. The molecule has 0 saturated carbocycles. The van der Waals surface area contributed by atoms with Crippen LogP contribution in [0.15, 0.2) is 0 Å². The standard InChI is InChI=1S/C14H30.C3H8/c1-6-8-14(11-12(3)4)10-9-13(5)7-2;1-3-2/h12-14H,6-11H2,1-5H3;3H2,1-2H3. The van der Waals surface area contributed by atoms with Gasteiger partial charge in [-0.05, 0) is 24.2 Å². The summed E-state index contributed by atoms with van der Waals surface area (Å²) in [5.74, 6) is 2.80. The molecule has 0 N–H and O–H groups in total. The van der Waals surface area contributed by atoms with E-state index in [9.17, 15) is 0 Å². The zero-order valence-electron chi connectivity index (χ0n) is 13.7. The van der Waals surface area contributed by atoms with Crippen molar-refractivity contribution in [1.29, 1.82) is 0 Å². The SMILES string of the molecule is CCC.CCCC(CCC(C)CC)CC(C)C. The third-order valence-corrected chi connectivity index (χ3v) is 3.27. The lowest BCUT2D eigenvalue weighted by Crippen LogP contribution is -2.06. The summed E-state index contributed by atoms with van der Waals surface area (Å²) >= 11 is 0. The summed E-state index contributed by atoms with van der Waals surface area (Å²) in [7, 11) is 0. The third kappa shape index (κ3) is 16.0. The van der Waals surface area contributed by atoms with Crippen LogP contribution < -0.4 is 0 Å². The minimum atomic E-state index is 0.878. The fourth-order valence-electron chi connectivity index (χ4n) is 2.18. The first-order valence-corrected chi connectivity index (χ1v) is 8.01. The average molecular weight is 242 g/mol. The Balaban J connectivity index is 0. The Morgan fingerprint density at radius 1 is 0.765 bits per heavy atom. The van der Waals surface area contributed by atoms with E-state index in [0.29, 0.717) is 0 Å². The van der Waals surface area contributed by atoms with Crippen LogP contribution in [0.4, 0.5) is 0 Å². The van der Waals surface area contributed by atoms with Gasteiger partial charge in [-0.2, -0.15) is 0 Å². The molecule has 106 valence electrons. The molecule has 0 aromatic carbocycles. The van der Waals surface area contributed by atoms with Crippen LogP contribution in [0.1, 0.15) is 93.4 Å². The van der Waals surface area contributed by atoms with E-state index in [-0.39, 0.29) is 0 Å². The van der Waals surface area contributed by atoms with Crippen molar-refractivity contribution in [1.82, 2.24) is 0 Å². The molecule has 2 atom stereocenters. The normalized spacial score (nSPS) is 14.1. The second-order valence-electron chi connectivity index (χ2n) is 6.08. The molecule has 0 fully saturated rings. The van der Waals surface area contributed by atoms with E-state index in [1.54, 1.807) is 0 Å². The number of hydrogen-bond acceptors (Lipinski definition) is 0. The maximum atomic E-state index is 2.39. The molecular formula is C17H38. The van der Waals surface area contributed by atoms with Gasteiger partial charge in [-0.15, -0.1) is 0 Å². The lowest BCUT2D eigenvalue weighted by atomic mass is 9.86. The van der Waals surface area contributed by atoms with Crippen LogP contribution in [-0.2, 0) is 0 Å². The molecule has 17 heavy (non-hydrogen) atoms. The molecule has 0 amide bonds. The number of rotatable bonds is 8. The average Bonchev–Trinajstić information content (AvgIpc) is 2.26. The van der Waals surface area contributed by atoms with Gasteiger partial charge in [-0.25, -0.2) is 0 Å². The molecule has 0 saturated heterocycles. The molecule has 0 aromatic heterocycles. The van der Waals surface area contributed by atoms with Crippen LogP contribution in [0.3, 0.4) is 0 Å². The monoisotopic (exact) mass is 242 g/mol. The van der Waals surface area contributed by atoms with Crippen molar-refractivity contribution >= 4 is 0 Å². The van der Waals surface area contributed by atoms with Gasteiger partial charge < -0.3 is 0 Å². The highest BCUT2D eigenvalue weighted by molar-refractivity contribution is 4.63. The smallest absolute Gasteiger partial charge is 0.0412 e. The largest absolute Gasteiger partial charge is 0.0656 e. The predicted octanol–water partition coefficient (Wildman–Crippen LogP) is 6.69. The Morgan fingerprint density at radius 2 is 1.29 bits per heavy atom. The molecule has 0 radical (unpaired) electrons. The van der Waals surface area contributed by atoms with Gasteiger partial charge in [0.1, 0.15) is 0 Å². The van der Waals surface area contributed by atoms with Gasteiger partial charge in [0.25, 0.3) is 0 Å². The summed E-state index contributed by atoms with van der Waals surface area (Å²) in [4.78, 5) is 0. The molecular weight excluding hydrogens is 204 g/mol. The molecule has 0 spiro atoms. The van der Waals surface area contributed by atoms with Crippen molar-refractivity contribution in [3.05, 3.63) is 0 Å². The molecule has 0 aliphatic carbocycles. The first kappa shape index (κ1) is 19.3. The summed E-state index contributed by atoms with van der Waals surface area (Å²) in [5.41, 5.74) is 0. The minimum Gasteiger partial charge on any atom is -0.0656 e. The van der Waals surface area contributed by atoms with Crippen LogP contribution in [0.25, 0.3) is 0 Å². The lowest BCUT2D eigenvalue weighted by molar-refractivity contribution is 0.327. The van der Waals surface area contributed by atoms with Crippen molar-refractivity contribution in [3.8, 4) is 0 Å². The molecule has 0 nitrogen and oxygen atoms in total. The summed E-state index contributed by atoms with van der Waals surface area (Å²) in [6.45, 7) is 16.0. The Morgan fingerprint density at radius 3 is 1.65 bits per heavy atom. The van der Waals surface area contributed by atoms with Crippen molar-refractivity contribution in [2.24, 2.45) is 17.8 Å². The van der Waals surface area contributed by atoms with Crippen LogP contribution >= 0.6 is 0 Å². The van der Waals surface area contributed by atoms with Crippen molar-refractivity contribution in [2.75, 3.05) is 0 Å². The highest BCUT2D eigenvalue weighted by Gasteiger charge is 2.11. The van der Waals surface area contributed by atoms with Gasteiger partial charge in [-0.3, -0.25) is 0 Å². The quantitative estimate of drug-likeness (QED) is 0.444. The molecule has 0 aliphatic rings. The summed E-state index contributed by atoms with van der Waals surface area (Å²) in [6.07, 6.45) is 9.73. The van der Waals surface area contributed by atoms with E-state index < -0.39 is 0 Å². The maximum absolute atomic E-state index is 2.39. The van der Waals surface area contributed by atoms with Crippen molar-refractivity contribution in [2.45, 2.75) is 93.4 Å². The Kier molecular flexibility index (Phi) is 16.0. The van der Waals surface area contributed by atoms with Gasteiger partial charge >= 0.3 is 0 Å². The van der Waals surface area contributed by atoms with Crippen LogP contribution in [-0.4, -0.2) is 0 Å².